The fraction of sp³-hybridized carbons (Fsp3) is 0.500. The SMILES string of the molecule is C=CCC(C)(CC)C(=O)NCc1ccc(N(C)C)cn1. The molecule has 0 aliphatic carbocycles. The fourth-order valence-electron chi connectivity index (χ4n) is 1.89. The molecule has 1 aromatic heterocycles. The van der Waals surface area contributed by atoms with Crippen LogP contribution in [0.4, 0.5) is 5.69 Å². The third-order valence-corrected chi connectivity index (χ3v) is 3.68. The van der Waals surface area contributed by atoms with Crippen LogP contribution in [0.25, 0.3) is 0 Å². The Labute approximate surface area is 121 Å². The maximum atomic E-state index is 12.2. The van der Waals surface area contributed by atoms with E-state index in [-0.39, 0.29) is 11.3 Å². The normalized spacial score (nSPS) is 13.4. The molecule has 1 amide bonds. The molecule has 0 saturated heterocycles. The first-order chi connectivity index (χ1) is 9.42. The summed E-state index contributed by atoms with van der Waals surface area (Å²) in [4.78, 5) is 18.6. The Bertz CT molecular complexity index is 453. The second-order valence-electron chi connectivity index (χ2n) is 5.49. The van der Waals surface area contributed by atoms with Crippen molar-refractivity contribution in [3.63, 3.8) is 0 Å². The molecule has 1 unspecified atom stereocenters. The van der Waals surface area contributed by atoms with Crippen LogP contribution in [0.2, 0.25) is 0 Å². The van der Waals surface area contributed by atoms with Gasteiger partial charge in [0.1, 0.15) is 0 Å². The number of carbonyl (C=O) groups is 1. The Hall–Kier alpha value is -1.84. The predicted octanol–water partition coefficient (Wildman–Crippen LogP) is 2.76. The van der Waals surface area contributed by atoms with E-state index in [9.17, 15) is 4.79 Å². The number of nitrogens with zero attached hydrogens (tertiary/aromatic N) is 2. The Kier molecular flexibility index (Phi) is 5.74. The highest BCUT2D eigenvalue weighted by atomic mass is 16.2. The molecular weight excluding hydrogens is 250 g/mol. The van der Waals surface area contributed by atoms with Crippen molar-refractivity contribution in [3.8, 4) is 0 Å². The van der Waals surface area contributed by atoms with Crippen molar-refractivity contribution in [1.29, 1.82) is 0 Å². The molecule has 0 aromatic carbocycles. The van der Waals surface area contributed by atoms with Crippen LogP contribution in [-0.4, -0.2) is 25.0 Å². The van der Waals surface area contributed by atoms with Crippen molar-refractivity contribution in [2.24, 2.45) is 5.41 Å². The number of amides is 1. The molecule has 4 heteroatoms. The third-order valence-electron chi connectivity index (χ3n) is 3.68. The Balaban J connectivity index is 2.62. The van der Waals surface area contributed by atoms with Gasteiger partial charge in [-0.2, -0.15) is 0 Å². The fourth-order valence-corrected chi connectivity index (χ4v) is 1.89. The minimum absolute atomic E-state index is 0.0541. The van der Waals surface area contributed by atoms with E-state index in [1.165, 1.54) is 0 Å². The van der Waals surface area contributed by atoms with Crippen LogP contribution in [0, 0.1) is 5.41 Å². The molecule has 1 rings (SSSR count). The molecule has 4 nitrogen and oxygen atoms in total. The number of pyridine rings is 1. The van der Waals surface area contributed by atoms with Crippen LogP contribution in [0.3, 0.4) is 0 Å². The minimum Gasteiger partial charge on any atom is -0.376 e. The Morgan fingerprint density at radius 2 is 2.20 bits per heavy atom. The summed E-state index contributed by atoms with van der Waals surface area (Å²) in [6, 6.07) is 3.93. The maximum absolute atomic E-state index is 12.2. The zero-order valence-electron chi connectivity index (χ0n) is 12.9. The summed E-state index contributed by atoms with van der Waals surface area (Å²) in [5.41, 5.74) is 1.52. The topological polar surface area (TPSA) is 45.2 Å². The number of anilines is 1. The van der Waals surface area contributed by atoms with Crippen LogP contribution < -0.4 is 10.2 Å². The average molecular weight is 275 g/mol. The van der Waals surface area contributed by atoms with E-state index < -0.39 is 0 Å². The summed E-state index contributed by atoms with van der Waals surface area (Å²) in [7, 11) is 3.95. The van der Waals surface area contributed by atoms with Crippen molar-refractivity contribution in [1.82, 2.24) is 10.3 Å². The van der Waals surface area contributed by atoms with Gasteiger partial charge in [0.05, 0.1) is 24.1 Å². The summed E-state index contributed by atoms with van der Waals surface area (Å²) in [6.07, 6.45) is 5.08. The van der Waals surface area contributed by atoms with Gasteiger partial charge in [-0.15, -0.1) is 6.58 Å². The van der Waals surface area contributed by atoms with Crippen LogP contribution in [0.1, 0.15) is 32.4 Å². The van der Waals surface area contributed by atoms with Gasteiger partial charge < -0.3 is 10.2 Å². The first-order valence-electron chi connectivity index (χ1n) is 6.94. The maximum Gasteiger partial charge on any atom is 0.226 e. The summed E-state index contributed by atoms with van der Waals surface area (Å²) in [5, 5.41) is 2.96. The second kappa shape index (κ2) is 7.08. The highest BCUT2D eigenvalue weighted by molar-refractivity contribution is 5.82. The van der Waals surface area contributed by atoms with Crippen LogP contribution in [-0.2, 0) is 11.3 Å². The van der Waals surface area contributed by atoms with Crippen molar-refractivity contribution in [2.45, 2.75) is 33.2 Å². The smallest absolute Gasteiger partial charge is 0.226 e. The van der Waals surface area contributed by atoms with Crippen molar-refractivity contribution < 1.29 is 4.79 Å². The lowest BCUT2D eigenvalue weighted by molar-refractivity contribution is -0.130. The van der Waals surface area contributed by atoms with Gasteiger partial charge in [0.2, 0.25) is 5.91 Å². The largest absolute Gasteiger partial charge is 0.376 e. The monoisotopic (exact) mass is 275 g/mol. The van der Waals surface area contributed by atoms with Crippen LogP contribution in [0.15, 0.2) is 31.0 Å². The molecule has 20 heavy (non-hydrogen) atoms. The van der Waals surface area contributed by atoms with E-state index >= 15 is 0 Å². The molecule has 0 saturated carbocycles. The average Bonchev–Trinajstić information content (AvgIpc) is 2.45. The lowest BCUT2D eigenvalue weighted by Gasteiger charge is -2.25. The standard InChI is InChI=1S/C16H25N3O/c1-6-10-16(3,7-2)15(20)18-11-13-8-9-14(12-17-13)19(4)5/h6,8-9,12H,1,7,10-11H2,2-5H3,(H,18,20). The zero-order chi connectivity index (χ0) is 15.2. The van der Waals surface area contributed by atoms with E-state index in [0.29, 0.717) is 13.0 Å². The third kappa shape index (κ3) is 4.08. The van der Waals surface area contributed by atoms with E-state index in [0.717, 1.165) is 17.8 Å². The Morgan fingerprint density at radius 3 is 2.65 bits per heavy atom. The summed E-state index contributed by atoms with van der Waals surface area (Å²) in [6.45, 7) is 8.17. The van der Waals surface area contributed by atoms with Gasteiger partial charge >= 0.3 is 0 Å². The van der Waals surface area contributed by atoms with Crippen molar-refractivity contribution in [3.05, 3.63) is 36.7 Å². The molecule has 0 aliphatic heterocycles. The first-order valence-corrected chi connectivity index (χ1v) is 6.94. The van der Waals surface area contributed by atoms with E-state index in [4.69, 9.17) is 0 Å². The number of nitrogens with one attached hydrogen (secondary N) is 1. The molecule has 0 radical (unpaired) electrons. The molecule has 0 fully saturated rings. The predicted molar refractivity (Wildman–Crippen MR) is 83.6 cm³/mol. The molecule has 0 bridgehead atoms. The van der Waals surface area contributed by atoms with Crippen LogP contribution in [0.5, 0.6) is 0 Å². The highest BCUT2D eigenvalue weighted by Crippen LogP contribution is 2.26. The minimum atomic E-state index is -0.384. The summed E-state index contributed by atoms with van der Waals surface area (Å²) < 4.78 is 0. The van der Waals surface area contributed by atoms with E-state index in [2.05, 4.69) is 16.9 Å². The second-order valence-corrected chi connectivity index (χ2v) is 5.49. The summed E-state index contributed by atoms with van der Waals surface area (Å²) in [5.74, 6) is 0.0541. The highest BCUT2D eigenvalue weighted by Gasteiger charge is 2.29. The van der Waals surface area contributed by atoms with Crippen molar-refractivity contribution >= 4 is 11.6 Å². The lowest BCUT2D eigenvalue weighted by Crippen LogP contribution is -2.38. The number of rotatable bonds is 7. The first kappa shape index (κ1) is 16.2. The zero-order valence-corrected chi connectivity index (χ0v) is 12.9. The van der Waals surface area contributed by atoms with Crippen LogP contribution >= 0.6 is 0 Å². The Morgan fingerprint density at radius 1 is 1.50 bits per heavy atom. The molecule has 0 aliphatic rings. The number of carbonyl (C=O) groups excluding carboxylic acids is 1. The van der Waals surface area contributed by atoms with E-state index in [1.54, 1.807) is 6.08 Å². The molecule has 1 heterocycles. The van der Waals surface area contributed by atoms with Gasteiger partial charge in [0.15, 0.2) is 0 Å². The van der Waals surface area contributed by atoms with Gasteiger partial charge in [-0.1, -0.05) is 19.9 Å². The van der Waals surface area contributed by atoms with Gasteiger partial charge in [0.25, 0.3) is 0 Å². The molecule has 1 N–H and O–H groups in total. The van der Waals surface area contributed by atoms with Gasteiger partial charge in [-0.25, -0.2) is 0 Å². The molecule has 0 spiro atoms. The quantitative estimate of drug-likeness (QED) is 0.778. The molecular formula is C16H25N3O. The molecule has 110 valence electrons. The van der Waals surface area contributed by atoms with Gasteiger partial charge in [0, 0.05) is 19.5 Å². The number of hydrogen-bond acceptors (Lipinski definition) is 3. The van der Waals surface area contributed by atoms with E-state index in [1.807, 2.05) is 51.2 Å². The van der Waals surface area contributed by atoms with Gasteiger partial charge in [-0.3, -0.25) is 9.78 Å². The van der Waals surface area contributed by atoms with Crippen molar-refractivity contribution in [2.75, 3.05) is 19.0 Å². The molecule has 1 aromatic rings. The number of hydrogen-bond donors (Lipinski definition) is 1. The molecule has 1 atom stereocenters. The number of aromatic nitrogens is 1. The van der Waals surface area contributed by atoms with Gasteiger partial charge in [-0.05, 0) is 25.0 Å². The summed E-state index contributed by atoms with van der Waals surface area (Å²) >= 11 is 0. The lowest BCUT2D eigenvalue weighted by atomic mass is 9.83. The number of allylic oxidation sites excluding steroid dienone is 1.